The van der Waals surface area contributed by atoms with Crippen molar-refractivity contribution in [2.45, 2.75) is 19.4 Å². The summed E-state index contributed by atoms with van der Waals surface area (Å²) < 4.78 is 13.5. The molecular formula is C13H17BrClFN2O. The van der Waals surface area contributed by atoms with Crippen LogP contribution in [0.3, 0.4) is 0 Å². The summed E-state index contributed by atoms with van der Waals surface area (Å²) >= 11 is 3.23. The van der Waals surface area contributed by atoms with E-state index >= 15 is 0 Å². The minimum atomic E-state index is -0.354. The molecule has 0 aromatic heterocycles. The van der Waals surface area contributed by atoms with Crippen LogP contribution in [0.1, 0.15) is 23.7 Å². The monoisotopic (exact) mass is 350 g/mol. The molecular weight excluding hydrogens is 335 g/mol. The quantitative estimate of drug-likeness (QED) is 0.845. The van der Waals surface area contributed by atoms with Crippen molar-refractivity contribution in [3.05, 3.63) is 34.1 Å². The molecule has 6 heteroatoms. The number of nitrogens with two attached hydrogens (primary N) is 1. The summed E-state index contributed by atoms with van der Waals surface area (Å²) in [5, 5.41) is 0. The number of nitrogens with zero attached hydrogens (tertiary/aromatic N) is 1. The Labute approximate surface area is 126 Å². The van der Waals surface area contributed by atoms with Crippen LogP contribution in [0.25, 0.3) is 0 Å². The van der Waals surface area contributed by atoms with Crippen LogP contribution in [0.5, 0.6) is 0 Å². The molecule has 2 unspecified atom stereocenters. The molecule has 1 amide bonds. The highest BCUT2D eigenvalue weighted by Gasteiger charge is 2.27. The maximum Gasteiger partial charge on any atom is 0.255 e. The maximum atomic E-state index is 13.0. The number of benzene rings is 1. The molecule has 1 aromatic rings. The summed E-state index contributed by atoms with van der Waals surface area (Å²) in [7, 11) is 0. The Bertz CT molecular complexity index is 472. The second-order valence-corrected chi connectivity index (χ2v) is 5.66. The maximum absolute atomic E-state index is 13.0. The van der Waals surface area contributed by atoms with Crippen LogP contribution in [-0.4, -0.2) is 29.9 Å². The van der Waals surface area contributed by atoms with Gasteiger partial charge in [0.15, 0.2) is 0 Å². The van der Waals surface area contributed by atoms with Crippen LogP contribution in [0.2, 0.25) is 0 Å². The van der Waals surface area contributed by atoms with Crippen molar-refractivity contribution >= 4 is 34.2 Å². The first kappa shape index (κ1) is 16.4. The van der Waals surface area contributed by atoms with Crippen LogP contribution in [0.15, 0.2) is 22.7 Å². The average molecular weight is 352 g/mol. The number of halogens is 3. The van der Waals surface area contributed by atoms with E-state index in [1.54, 1.807) is 4.90 Å². The number of amides is 1. The zero-order valence-electron chi connectivity index (χ0n) is 10.6. The van der Waals surface area contributed by atoms with Gasteiger partial charge in [0, 0.05) is 23.6 Å². The van der Waals surface area contributed by atoms with E-state index in [2.05, 4.69) is 15.9 Å². The fourth-order valence-corrected chi connectivity index (χ4v) is 2.70. The molecule has 1 aliphatic rings. The van der Waals surface area contributed by atoms with E-state index < -0.39 is 0 Å². The number of likely N-dealkylation sites (tertiary alicyclic amines) is 1. The standard InChI is InChI=1S/C13H16BrFN2O.ClH/c1-8-7-17(5-4-12(8)16)13(18)10-3-2-9(15)6-11(10)14;/h2-3,6,8,12H,4-5,7,16H2,1H3;1H. The highest BCUT2D eigenvalue weighted by atomic mass is 79.9. The lowest BCUT2D eigenvalue weighted by molar-refractivity contribution is 0.0663. The van der Waals surface area contributed by atoms with Crippen molar-refractivity contribution in [2.24, 2.45) is 11.7 Å². The summed E-state index contributed by atoms with van der Waals surface area (Å²) in [6.07, 6.45) is 0.811. The molecule has 19 heavy (non-hydrogen) atoms. The lowest BCUT2D eigenvalue weighted by atomic mass is 9.94. The summed E-state index contributed by atoms with van der Waals surface area (Å²) in [4.78, 5) is 14.1. The van der Waals surface area contributed by atoms with Crippen molar-refractivity contribution in [1.82, 2.24) is 4.90 Å². The fourth-order valence-electron chi connectivity index (χ4n) is 2.18. The van der Waals surface area contributed by atoms with Gasteiger partial charge in [0.1, 0.15) is 5.82 Å². The minimum Gasteiger partial charge on any atom is -0.338 e. The number of piperidine rings is 1. The number of rotatable bonds is 1. The van der Waals surface area contributed by atoms with Crippen LogP contribution in [-0.2, 0) is 0 Å². The minimum absolute atomic E-state index is 0. The number of hydrogen-bond acceptors (Lipinski definition) is 2. The lowest BCUT2D eigenvalue weighted by Gasteiger charge is -2.35. The second-order valence-electron chi connectivity index (χ2n) is 4.81. The molecule has 2 atom stereocenters. The van der Waals surface area contributed by atoms with E-state index in [1.807, 2.05) is 6.92 Å². The molecule has 0 radical (unpaired) electrons. The Morgan fingerprint density at radius 3 is 2.79 bits per heavy atom. The molecule has 106 valence electrons. The van der Waals surface area contributed by atoms with Crippen molar-refractivity contribution in [1.29, 1.82) is 0 Å². The van der Waals surface area contributed by atoms with Gasteiger partial charge in [-0.25, -0.2) is 4.39 Å². The average Bonchev–Trinajstić information content (AvgIpc) is 2.32. The van der Waals surface area contributed by atoms with E-state index in [1.165, 1.54) is 18.2 Å². The van der Waals surface area contributed by atoms with E-state index in [0.29, 0.717) is 29.0 Å². The second kappa shape index (κ2) is 6.68. The van der Waals surface area contributed by atoms with Crippen molar-refractivity contribution in [2.75, 3.05) is 13.1 Å². The zero-order chi connectivity index (χ0) is 13.3. The van der Waals surface area contributed by atoms with Gasteiger partial charge in [-0.05, 0) is 46.5 Å². The molecule has 1 saturated heterocycles. The number of hydrogen-bond donors (Lipinski definition) is 1. The van der Waals surface area contributed by atoms with Gasteiger partial charge in [0.05, 0.1) is 5.56 Å². The third-order valence-corrected chi connectivity index (χ3v) is 4.08. The number of carbonyl (C=O) groups excluding carboxylic acids is 1. The van der Waals surface area contributed by atoms with Crippen LogP contribution < -0.4 is 5.73 Å². The molecule has 2 rings (SSSR count). The van der Waals surface area contributed by atoms with Gasteiger partial charge in [0.2, 0.25) is 0 Å². The van der Waals surface area contributed by atoms with Gasteiger partial charge >= 0.3 is 0 Å². The van der Waals surface area contributed by atoms with Gasteiger partial charge in [-0.1, -0.05) is 6.92 Å². The smallest absolute Gasteiger partial charge is 0.255 e. The first-order valence-corrected chi connectivity index (χ1v) is 6.78. The van der Waals surface area contributed by atoms with Gasteiger partial charge in [0.25, 0.3) is 5.91 Å². The predicted molar refractivity (Wildman–Crippen MR) is 79.0 cm³/mol. The summed E-state index contributed by atoms with van der Waals surface area (Å²) in [6, 6.07) is 4.29. The Kier molecular flexibility index (Phi) is 5.77. The zero-order valence-corrected chi connectivity index (χ0v) is 13.0. The predicted octanol–water partition coefficient (Wildman–Crippen LogP) is 2.82. The van der Waals surface area contributed by atoms with Gasteiger partial charge in [-0.2, -0.15) is 0 Å². The van der Waals surface area contributed by atoms with Crippen LogP contribution >= 0.6 is 28.3 Å². The molecule has 3 nitrogen and oxygen atoms in total. The van der Waals surface area contributed by atoms with Crippen LogP contribution in [0, 0.1) is 11.7 Å². The highest BCUT2D eigenvalue weighted by Crippen LogP contribution is 2.22. The first-order valence-electron chi connectivity index (χ1n) is 5.99. The van der Waals surface area contributed by atoms with E-state index in [9.17, 15) is 9.18 Å². The third kappa shape index (κ3) is 3.68. The Morgan fingerprint density at radius 2 is 2.21 bits per heavy atom. The van der Waals surface area contributed by atoms with Crippen molar-refractivity contribution in [3.8, 4) is 0 Å². The fraction of sp³-hybridized carbons (Fsp3) is 0.462. The molecule has 0 bridgehead atoms. The Balaban J connectivity index is 0.00000180. The Morgan fingerprint density at radius 1 is 1.53 bits per heavy atom. The van der Waals surface area contributed by atoms with E-state index in [0.717, 1.165) is 6.42 Å². The van der Waals surface area contributed by atoms with Gasteiger partial charge in [-0.15, -0.1) is 12.4 Å². The molecule has 2 N–H and O–H groups in total. The molecule has 0 aliphatic carbocycles. The first-order chi connectivity index (χ1) is 8.49. The molecule has 1 aromatic carbocycles. The molecule has 0 spiro atoms. The van der Waals surface area contributed by atoms with Gasteiger partial charge in [-0.3, -0.25) is 4.79 Å². The topological polar surface area (TPSA) is 46.3 Å². The highest BCUT2D eigenvalue weighted by molar-refractivity contribution is 9.10. The number of carbonyl (C=O) groups is 1. The normalized spacial score (nSPS) is 22.8. The largest absolute Gasteiger partial charge is 0.338 e. The van der Waals surface area contributed by atoms with E-state index in [-0.39, 0.29) is 30.2 Å². The Hall–Kier alpha value is -0.650. The van der Waals surface area contributed by atoms with E-state index in [4.69, 9.17) is 5.73 Å². The molecule has 1 heterocycles. The van der Waals surface area contributed by atoms with Crippen molar-refractivity contribution in [3.63, 3.8) is 0 Å². The van der Waals surface area contributed by atoms with Gasteiger partial charge < -0.3 is 10.6 Å². The molecule has 1 aliphatic heterocycles. The van der Waals surface area contributed by atoms with Crippen molar-refractivity contribution < 1.29 is 9.18 Å². The molecule has 1 fully saturated rings. The summed E-state index contributed by atoms with van der Waals surface area (Å²) in [5.74, 6) is -0.130. The SMILES string of the molecule is CC1CN(C(=O)c2ccc(F)cc2Br)CCC1N.Cl. The summed E-state index contributed by atoms with van der Waals surface area (Å²) in [6.45, 7) is 3.36. The third-order valence-electron chi connectivity index (χ3n) is 3.42. The summed E-state index contributed by atoms with van der Waals surface area (Å²) in [5.41, 5.74) is 6.43. The van der Waals surface area contributed by atoms with Crippen LogP contribution in [0.4, 0.5) is 4.39 Å². The molecule has 0 saturated carbocycles. The lowest BCUT2D eigenvalue weighted by Crippen LogP contribution is -2.48.